The zero-order valence-electron chi connectivity index (χ0n) is 7.53. The first-order valence-electron chi connectivity index (χ1n) is 3.88. The number of hydrogen-bond donors (Lipinski definition) is 2. The average Bonchev–Trinajstić information content (AvgIpc) is 2.17. The Kier molecular flexibility index (Phi) is 3.49. The molecule has 0 aliphatic rings. The van der Waals surface area contributed by atoms with Crippen LogP contribution in [0.2, 0.25) is 0 Å². The first kappa shape index (κ1) is 11.0. The van der Waals surface area contributed by atoms with Crippen molar-refractivity contribution in [1.29, 1.82) is 0 Å². The molecule has 0 aliphatic heterocycles. The molecule has 0 fully saturated rings. The molecule has 5 heteroatoms. The zero-order valence-corrected chi connectivity index (χ0v) is 9.11. The minimum absolute atomic E-state index is 0.512. The minimum Gasteiger partial charge on any atom is -0.496 e. The SMILES string of the molecule is COc1cc([C@H](N)C(=O)O)ccc1Br. The van der Waals surface area contributed by atoms with Gasteiger partial charge in [0.15, 0.2) is 0 Å². The first-order valence-corrected chi connectivity index (χ1v) is 4.67. The van der Waals surface area contributed by atoms with Crippen molar-refractivity contribution in [2.24, 2.45) is 5.73 Å². The molecule has 1 rings (SSSR count). The van der Waals surface area contributed by atoms with E-state index in [0.717, 1.165) is 4.47 Å². The maximum absolute atomic E-state index is 10.6. The van der Waals surface area contributed by atoms with Crippen LogP contribution in [0.3, 0.4) is 0 Å². The number of carbonyl (C=O) groups is 1. The summed E-state index contributed by atoms with van der Waals surface area (Å²) in [5, 5.41) is 8.69. The molecule has 0 unspecified atom stereocenters. The molecular formula is C9H10BrNO3. The Morgan fingerprint density at radius 1 is 1.64 bits per heavy atom. The van der Waals surface area contributed by atoms with Crippen LogP contribution < -0.4 is 10.5 Å². The van der Waals surface area contributed by atoms with Gasteiger partial charge in [-0.3, -0.25) is 4.79 Å². The monoisotopic (exact) mass is 259 g/mol. The van der Waals surface area contributed by atoms with Crippen LogP contribution in [0.4, 0.5) is 0 Å². The van der Waals surface area contributed by atoms with Crippen molar-refractivity contribution in [1.82, 2.24) is 0 Å². The van der Waals surface area contributed by atoms with Gasteiger partial charge in [-0.15, -0.1) is 0 Å². The molecule has 0 saturated carbocycles. The summed E-state index contributed by atoms with van der Waals surface area (Å²) in [6, 6.07) is 3.93. The third-order valence-electron chi connectivity index (χ3n) is 1.80. The van der Waals surface area contributed by atoms with Gasteiger partial charge in [-0.2, -0.15) is 0 Å². The first-order chi connectivity index (χ1) is 6.56. The lowest BCUT2D eigenvalue weighted by Gasteiger charge is -2.09. The van der Waals surface area contributed by atoms with E-state index in [1.807, 2.05) is 0 Å². The highest BCUT2D eigenvalue weighted by Gasteiger charge is 2.15. The number of carboxylic acids is 1. The lowest BCUT2D eigenvalue weighted by Crippen LogP contribution is -2.20. The molecule has 0 radical (unpaired) electrons. The van der Waals surface area contributed by atoms with Crippen molar-refractivity contribution in [2.75, 3.05) is 7.11 Å². The summed E-state index contributed by atoms with van der Waals surface area (Å²) in [5.74, 6) is -0.492. The van der Waals surface area contributed by atoms with Gasteiger partial charge in [-0.1, -0.05) is 6.07 Å². The number of aliphatic carboxylic acids is 1. The standard InChI is InChI=1S/C9H10BrNO3/c1-14-7-4-5(2-3-6(7)10)8(11)9(12)13/h2-4,8H,11H2,1H3,(H,12,13)/t8-/m0/s1. The molecule has 0 aromatic heterocycles. The third kappa shape index (κ3) is 2.24. The van der Waals surface area contributed by atoms with Crippen LogP contribution in [0.1, 0.15) is 11.6 Å². The number of benzene rings is 1. The summed E-state index contributed by atoms with van der Waals surface area (Å²) in [7, 11) is 1.51. The lowest BCUT2D eigenvalue weighted by atomic mass is 10.1. The van der Waals surface area contributed by atoms with Crippen LogP contribution in [0.15, 0.2) is 22.7 Å². The number of halogens is 1. The van der Waals surface area contributed by atoms with E-state index in [-0.39, 0.29) is 0 Å². The molecule has 0 bridgehead atoms. The van der Waals surface area contributed by atoms with Crippen molar-refractivity contribution in [2.45, 2.75) is 6.04 Å². The van der Waals surface area contributed by atoms with E-state index in [1.54, 1.807) is 18.2 Å². The second-order valence-electron chi connectivity index (χ2n) is 2.71. The molecule has 1 aromatic carbocycles. The molecule has 1 aromatic rings. The Bertz CT molecular complexity index is 354. The molecule has 0 heterocycles. The lowest BCUT2D eigenvalue weighted by molar-refractivity contribution is -0.138. The predicted molar refractivity (Wildman–Crippen MR) is 55.3 cm³/mol. The Labute approximate surface area is 89.8 Å². The van der Waals surface area contributed by atoms with Gasteiger partial charge in [0.25, 0.3) is 0 Å². The van der Waals surface area contributed by atoms with Crippen molar-refractivity contribution in [3.8, 4) is 5.75 Å². The van der Waals surface area contributed by atoms with Crippen LogP contribution >= 0.6 is 15.9 Å². The van der Waals surface area contributed by atoms with Gasteiger partial charge in [0, 0.05) is 0 Å². The van der Waals surface area contributed by atoms with Gasteiger partial charge >= 0.3 is 5.97 Å². The van der Waals surface area contributed by atoms with Crippen LogP contribution in [-0.2, 0) is 4.79 Å². The summed E-state index contributed by atoms with van der Waals surface area (Å²) in [5.41, 5.74) is 5.95. The molecule has 0 spiro atoms. The van der Waals surface area contributed by atoms with Crippen LogP contribution in [0, 0.1) is 0 Å². The molecule has 14 heavy (non-hydrogen) atoms. The number of rotatable bonds is 3. The summed E-state index contributed by atoms with van der Waals surface area (Å²) in [6.07, 6.45) is 0. The Morgan fingerprint density at radius 3 is 2.79 bits per heavy atom. The Balaban J connectivity index is 3.06. The quantitative estimate of drug-likeness (QED) is 0.864. The number of carboxylic acid groups (broad SMARTS) is 1. The molecule has 3 N–H and O–H groups in total. The van der Waals surface area contributed by atoms with Crippen molar-refractivity contribution < 1.29 is 14.6 Å². The molecule has 76 valence electrons. The topological polar surface area (TPSA) is 72.5 Å². The number of nitrogens with two attached hydrogens (primary N) is 1. The summed E-state index contributed by atoms with van der Waals surface area (Å²) in [4.78, 5) is 10.6. The van der Waals surface area contributed by atoms with E-state index < -0.39 is 12.0 Å². The zero-order chi connectivity index (χ0) is 10.7. The van der Waals surface area contributed by atoms with E-state index in [1.165, 1.54) is 7.11 Å². The number of methoxy groups -OCH3 is 1. The third-order valence-corrected chi connectivity index (χ3v) is 2.46. The normalized spacial score (nSPS) is 12.2. The molecule has 0 saturated heterocycles. The van der Waals surface area contributed by atoms with Crippen LogP contribution in [0.25, 0.3) is 0 Å². The molecular weight excluding hydrogens is 250 g/mol. The minimum atomic E-state index is -1.06. The van der Waals surface area contributed by atoms with Gasteiger partial charge in [0.05, 0.1) is 11.6 Å². The maximum Gasteiger partial charge on any atom is 0.325 e. The second kappa shape index (κ2) is 4.43. The summed E-state index contributed by atoms with van der Waals surface area (Å²) < 4.78 is 5.79. The van der Waals surface area contributed by atoms with E-state index in [4.69, 9.17) is 15.6 Å². The van der Waals surface area contributed by atoms with Crippen LogP contribution in [0.5, 0.6) is 5.75 Å². The van der Waals surface area contributed by atoms with E-state index in [0.29, 0.717) is 11.3 Å². The van der Waals surface area contributed by atoms with Gasteiger partial charge < -0.3 is 15.6 Å². The summed E-state index contributed by atoms with van der Waals surface area (Å²) >= 11 is 3.26. The van der Waals surface area contributed by atoms with Gasteiger partial charge in [0.1, 0.15) is 11.8 Å². The van der Waals surface area contributed by atoms with Crippen molar-refractivity contribution in [3.63, 3.8) is 0 Å². The maximum atomic E-state index is 10.6. The van der Waals surface area contributed by atoms with E-state index >= 15 is 0 Å². The molecule has 4 nitrogen and oxygen atoms in total. The highest BCUT2D eigenvalue weighted by molar-refractivity contribution is 9.10. The van der Waals surface area contributed by atoms with Crippen molar-refractivity contribution >= 4 is 21.9 Å². The van der Waals surface area contributed by atoms with Gasteiger partial charge in [-0.05, 0) is 33.6 Å². The Morgan fingerprint density at radius 2 is 2.29 bits per heavy atom. The summed E-state index contributed by atoms with van der Waals surface area (Å²) in [6.45, 7) is 0. The molecule has 0 aliphatic carbocycles. The van der Waals surface area contributed by atoms with Crippen LogP contribution in [-0.4, -0.2) is 18.2 Å². The molecule has 0 amide bonds. The fourth-order valence-corrected chi connectivity index (χ4v) is 1.42. The van der Waals surface area contributed by atoms with E-state index in [2.05, 4.69) is 15.9 Å². The van der Waals surface area contributed by atoms with Gasteiger partial charge in [0.2, 0.25) is 0 Å². The van der Waals surface area contributed by atoms with Gasteiger partial charge in [-0.25, -0.2) is 0 Å². The highest BCUT2D eigenvalue weighted by Crippen LogP contribution is 2.27. The fraction of sp³-hybridized carbons (Fsp3) is 0.222. The molecule has 1 atom stereocenters. The highest BCUT2D eigenvalue weighted by atomic mass is 79.9. The number of hydrogen-bond acceptors (Lipinski definition) is 3. The second-order valence-corrected chi connectivity index (χ2v) is 3.56. The number of ether oxygens (including phenoxy) is 1. The smallest absolute Gasteiger partial charge is 0.325 e. The van der Waals surface area contributed by atoms with Crippen molar-refractivity contribution in [3.05, 3.63) is 28.2 Å². The average molecular weight is 260 g/mol. The largest absolute Gasteiger partial charge is 0.496 e. The Hall–Kier alpha value is -1.07. The fourth-order valence-electron chi connectivity index (χ4n) is 1.01. The predicted octanol–water partition coefficient (Wildman–Crippen LogP) is 1.54. The van der Waals surface area contributed by atoms with E-state index in [9.17, 15) is 4.79 Å².